The number of hydrogen-bond acceptors (Lipinski definition) is 5. The summed E-state index contributed by atoms with van der Waals surface area (Å²) in [6.45, 7) is 8.92. The number of nitrogens with zero attached hydrogens (tertiary/aromatic N) is 2. The SMILES string of the molecule is Cc1ccc(NC(=O)c2ccc(C3CCN(C(=O)OC(C)(C)C)C3)cc2)cc1-c1ccc2cc(NC(=O)C3CC3)ncc2c1. The van der Waals surface area contributed by atoms with Gasteiger partial charge in [0.2, 0.25) is 5.91 Å². The molecule has 0 radical (unpaired) electrons. The van der Waals surface area contributed by atoms with Crippen LogP contribution in [0.2, 0.25) is 0 Å². The Labute approximate surface area is 257 Å². The second-order valence-corrected chi connectivity index (χ2v) is 12.9. The van der Waals surface area contributed by atoms with Crippen molar-refractivity contribution in [3.8, 4) is 11.1 Å². The van der Waals surface area contributed by atoms with Crippen molar-refractivity contribution in [1.82, 2.24) is 9.88 Å². The molecule has 3 aromatic carbocycles. The number of carbonyl (C=O) groups excluding carboxylic acids is 3. The minimum atomic E-state index is -0.518. The number of aromatic nitrogens is 1. The maximum Gasteiger partial charge on any atom is 0.410 e. The number of likely N-dealkylation sites (tertiary alicyclic amines) is 1. The van der Waals surface area contributed by atoms with Crippen LogP contribution in [-0.2, 0) is 9.53 Å². The molecule has 44 heavy (non-hydrogen) atoms. The quantitative estimate of drug-likeness (QED) is 0.242. The smallest absolute Gasteiger partial charge is 0.410 e. The lowest BCUT2D eigenvalue weighted by molar-refractivity contribution is -0.117. The molecule has 6 rings (SSSR count). The van der Waals surface area contributed by atoms with Gasteiger partial charge in [0.05, 0.1) is 0 Å². The number of carbonyl (C=O) groups is 3. The molecule has 1 aliphatic heterocycles. The molecule has 1 saturated heterocycles. The summed E-state index contributed by atoms with van der Waals surface area (Å²) >= 11 is 0. The molecule has 2 fully saturated rings. The number of aryl methyl sites for hydroxylation is 1. The van der Waals surface area contributed by atoms with Crippen LogP contribution in [0.3, 0.4) is 0 Å². The van der Waals surface area contributed by atoms with Gasteiger partial charge in [0, 0.05) is 47.8 Å². The first kappa shape index (κ1) is 29.4. The highest BCUT2D eigenvalue weighted by Crippen LogP contribution is 2.33. The van der Waals surface area contributed by atoms with Crippen molar-refractivity contribution in [2.75, 3.05) is 23.7 Å². The van der Waals surface area contributed by atoms with Crippen LogP contribution < -0.4 is 10.6 Å². The molecule has 3 amide bonds. The third kappa shape index (κ3) is 6.75. The maximum absolute atomic E-state index is 13.2. The highest BCUT2D eigenvalue weighted by atomic mass is 16.6. The summed E-state index contributed by atoms with van der Waals surface area (Å²) in [5.41, 5.74) is 4.99. The summed E-state index contributed by atoms with van der Waals surface area (Å²) in [6, 6.07) is 21.6. The van der Waals surface area contributed by atoms with Crippen LogP contribution >= 0.6 is 0 Å². The van der Waals surface area contributed by atoms with Crippen LogP contribution in [0.5, 0.6) is 0 Å². The van der Waals surface area contributed by atoms with E-state index in [1.807, 2.05) is 82.3 Å². The normalized spacial score (nSPS) is 16.5. The number of pyridine rings is 1. The van der Waals surface area contributed by atoms with E-state index in [0.717, 1.165) is 52.3 Å². The first-order valence-electron chi connectivity index (χ1n) is 15.2. The molecule has 2 N–H and O–H groups in total. The molecule has 8 nitrogen and oxygen atoms in total. The Morgan fingerprint density at radius 3 is 2.39 bits per heavy atom. The molecule has 1 saturated carbocycles. The molecular weight excluding hydrogens is 552 g/mol. The molecule has 1 aromatic heterocycles. The fraction of sp³-hybridized carbons (Fsp3) is 0.333. The van der Waals surface area contributed by atoms with Gasteiger partial charge >= 0.3 is 6.09 Å². The van der Waals surface area contributed by atoms with Crippen molar-refractivity contribution in [2.45, 2.75) is 58.5 Å². The van der Waals surface area contributed by atoms with E-state index in [2.05, 4.69) is 27.8 Å². The summed E-state index contributed by atoms with van der Waals surface area (Å²) in [5.74, 6) is 0.767. The molecule has 2 aliphatic rings. The highest BCUT2D eigenvalue weighted by molar-refractivity contribution is 6.04. The largest absolute Gasteiger partial charge is 0.444 e. The number of ether oxygens (including phenoxy) is 1. The van der Waals surface area contributed by atoms with Crippen molar-refractivity contribution < 1.29 is 19.1 Å². The van der Waals surface area contributed by atoms with E-state index in [0.29, 0.717) is 30.2 Å². The Morgan fingerprint density at radius 2 is 1.66 bits per heavy atom. The number of amides is 3. The predicted octanol–water partition coefficient (Wildman–Crippen LogP) is 7.54. The van der Waals surface area contributed by atoms with E-state index in [1.165, 1.54) is 0 Å². The van der Waals surface area contributed by atoms with E-state index in [1.54, 1.807) is 11.1 Å². The summed E-state index contributed by atoms with van der Waals surface area (Å²) in [7, 11) is 0. The van der Waals surface area contributed by atoms with Crippen LogP contribution in [0.25, 0.3) is 21.9 Å². The Balaban J connectivity index is 1.11. The second-order valence-electron chi connectivity index (χ2n) is 12.9. The van der Waals surface area contributed by atoms with Crippen molar-refractivity contribution >= 4 is 40.2 Å². The molecule has 1 atom stereocenters. The van der Waals surface area contributed by atoms with E-state index in [4.69, 9.17) is 4.74 Å². The van der Waals surface area contributed by atoms with Gasteiger partial charge in [-0.05, 0) is 111 Å². The van der Waals surface area contributed by atoms with Crippen LogP contribution in [0, 0.1) is 12.8 Å². The molecule has 2 heterocycles. The van der Waals surface area contributed by atoms with Gasteiger partial charge in [0.15, 0.2) is 0 Å². The van der Waals surface area contributed by atoms with Gasteiger partial charge in [0.1, 0.15) is 11.4 Å². The van der Waals surface area contributed by atoms with E-state index in [-0.39, 0.29) is 29.7 Å². The maximum atomic E-state index is 13.2. The van der Waals surface area contributed by atoms with Crippen LogP contribution in [-0.4, -0.2) is 46.5 Å². The third-order valence-electron chi connectivity index (χ3n) is 8.21. The Bertz CT molecular complexity index is 1740. The fourth-order valence-electron chi connectivity index (χ4n) is 5.60. The number of anilines is 2. The standard InChI is InChI=1S/C36H38N4O4/c1-22-5-14-30(19-31(22)27-13-12-26-18-32(37-20-29(26)17-27)39-34(42)25-10-11-25)38-33(41)24-8-6-23(7-9-24)28-15-16-40(21-28)35(43)44-36(2,3)4/h5-9,12-14,17-20,25,28H,10-11,15-16,21H2,1-4H3,(H,38,41)(H,37,39,42). The monoisotopic (exact) mass is 590 g/mol. The summed E-state index contributed by atoms with van der Waals surface area (Å²) in [5, 5.41) is 7.92. The van der Waals surface area contributed by atoms with Crippen molar-refractivity contribution in [1.29, 1.82) is 0 Å². The van der Waals surface area contributed by atoms with Gasteiger partial charge in [-0.15, -0.1) is 0 Å². The Kier molecular flexibility index (Phi) is 7.84. The Morgan fingerprint density at radius 1 is 0.886 bits per heavy atom. The number of rotatable bonds is 6. The second kappa shape index (κ2) is 11.8. The summed E-state index contributed by atoms with van der Waals surface area (Å²) in [6.07, 6.45) is 4.27. The molecular formula is C36H38N4O4. The molecule has 1 aliphatic carbocycles. The minimum Gasteiger partial charge on any atom is -0.444 e. The van der Waals surface area contributed by atoms with Crippen molar-refractivity contribution in [3.63, 3.8) is 0 Å². The highest BCUT2D eigenvalue weighted by Gasteiger charge is 2.31. The topological polar surface area (TPSA) is 101 Å². The third-order valence-corrected chi connectivity index (χ3v) is 8.21. The van der Waals surface area contributed by atoms with E-state index >= 15 is 0 Å². The lowest BCUT2D eigenvalue weighted by Crippen LogP contribution is -2.35. The zero-order valence-corrected chi connectivity index (χ0v) is 25.6. The number of nitrogens with one attached hydrogen (secondary N) is 2. The number of hydrogen-bond donors (Lipinski definition) is 2. The van der Waals surface area contributed by atoms with E-state index < -0.39 is 5.60 Å². The van der Waals surface area contributed by atoms with E-state index in [9.17, 15) is 14.4 Å². The van der Waals surface area contributed by atoms with Gasteiger partial charge in [-0.25, -0.2) is 9.78 Å². The minimum absolute atomic E-state index is 0.0411. The number of fused-ring (bicyclic) bond motifs is 1. The van der Waals surface area contributed by atoms with Gasteiger partial charge in [0.25, 0.3) is 5.91 Å². The zero-order valence-electron chi connectivity index (χ0n) is 25.6. The van der Waals surface area contributed by atoms with Gasteiger partial charge < -0.3 is 20.3 Å². The van der Waals surface area contributed by atoms with Crippen molar-refractivity contribution in [3.05, 3.63) is 89.6 Å². The molecule has 226 valence electrons. The first-order chi connectivity index (χ1) is 21.0. The van der Waals surface area contributed by atoms with Gasteiger partial charge in [-0.1, -0.05) is 30.3 Å². The lowest BCUT2D eigenvalue weighted by Gasteiger charge is -2.24. The average Bonchev–Trinajstić information content (AvgIpc) is 3.73. The Hall–Kier alpha value is -4.72. The van der Waals surface area contributed by atoms with Crippen LogP contribution in [0.1, 0.15) is 67.4 Å². The van der Waals surface area contributed by atoms with Crippen molar-refractivity contribution in [2.24, 2.45) is 5.92 Å². The van der Waals surface area contributed by atoms with Crippen LogP contribution in [0.15, 0.2) is 72.9 Å². The molecule has 1 unspecified atom stereocenters. The van der Waals surface area contributed by atoms with Gasteiger partial charge in [-0.2, -0.15) is 0 Å². The molecule has 4 aromatic rings. The molecule has 0 bridgehead atoms. The predicted molar refractivity (Wildman–Crippen MR) is 173 cm³/mol. The fourth-order valence-corrected chi connectivity index (χ4v) is 5.60. The average molecular weight is 591 g/mol. The lowest BCUT2D eigenvalue weighted by atomic mass is 9.97. The van der Waals surface area contributed by atoms with Gasteiger partial charge in [-0.3, -0.25) is 9.59 Å². The van der Waals surface area contributed by atoms with Crippen LogP contribution in [0.4, 0.5) is 16.3 Å². The summed E-state index contributed by atoms with van der Waals surface area (Å²) < 4.78 is 5.52. The zero-order chi connectivity index (χ0) is 31.0. The summed E-state index contributed by atoms with van der Waals surface area (Å²) in [4.78, 5) is 43.9. The molecule has 0 spiro atoms. The molecule has 8 heteroatoms. The number of benzene rings is 3. The first-order valence-corrected chi connectivity index (χ1v) is 15.2.